The number of anilines is 1. The number of nitrogens with one attached hydrogen (secondary N) is 1. The Bertz CT molecular complexity index is 1750. The highest BCUT2D eigenvalue weighted by Crippen LogP contribution is 2.48. The molecule has 2 aromatic rings. The second kappa shape index (κ2) is 21.8. The molecule has 9 heteroatoms. The van der Waals surface area contributed by atoms with Crippen LogP contribution in [-0.4, -0.2) is 76.5 Å². The Balaban J connectivity index is 1.81. The number of carboxylic acids is 1. The average molecular weight is 770 g/mol. The van der Waals surface area contributed by atoms with E-state index < -0.39 is 36.1 Å². The number of carbonyl (C=O) groups is 2. The van der Waals surface area contributed by atoms with E-state index in [0.29, 0.717) is 12.1 Å². The van der Waals surface area contributed by atoms with Gasteiger partial charge in [0.1, 0.15) is 0 Å². The number of rotatable bonds is 22. The lowest BCUT2D eigenvalue weighted by Gasteiger charge is -2.27. The maximum Gasteiger partial charge on any atom is 0.335 e. The van der Waals surface area contributed by atoms with Gasteiger partial charge in [-0.05, 0) is 72.4 Å². The first kappa shape index (κ1) is 46.1. The number of aromatic carboxylic acids is 1. The normalized spacial score (nSPS) is 17.5. The van der Waals surface area contributed by atoms with Crippen molar-refractivity contribution in [1.82, 2.24) is 5.32 Å². The van der Waals surface area contributed by atoms with Gasteiger partial charge < -0.3 is 30.6 Å². The molecule has 0 saturated heterocycles. The number of fused-ring (bicyclic) bond motifs is 1. The van der Waals surface area contributed by atoms with Gasteiger partial charge in [-0.2, -0.15) is 0 Å². The van der Waals surface area contributed by atoms with Crippen molar-refractivity contribution >= 4 is 23.3 Å². The quantitative estimate of drug-likeness (QED) is 0.0459. The molecular formula is C47H67N3O6. The Labute approximate surface area is 335 Å². The van der Waals surface area contributed by atoms with Gasteiger partial charge in [-0.3, -0.25) is 9.79 Å². The maximum atomic E-state index is 13.3. The molecule has 0 radical (unpaired) electrons. The summed E-state index contributed by atoms with van der Waals surface area (Å²) < 4.78 is 0. The van der Waals surface area contributed by atoms with Crippen LogP contribution in [0, 0.1) is 11.8 Å². The van der Waals surface area contributed by atoms with Crippen molar-refractivity contribution in [3.05, 3.63) is 113 Å². The first-order valence-corrected chi connectivity index (χ1v) is 20.4. The summed E-state index contributed by atoms with van der Waals surface area (Å²) in [6.45, 7) is 17.8. The zero-order valence-electron chi connectivity index (χ0n) is 35.0. The molecule has 1 aliphatic rings. The Morgan fingerprint density at radius 2 is 1.59 bits per heavy atom. The predicted octanol–water partition coefficient (Wildman–Crippen LogP) is 8.55. The van der Waals surface area contributed by atoms with Crippen molar-refractivity contribution in [3.63, 3.8) is 0 Å². The van der Waals surface area contributed by atoms with Crippen LogP contribution in [0.1, 0.15) is 126 Å². The third-order valence-corrected chi connectivity index (χ3v) is 11.1. The highest BCUT2D eigenvalue weighted by Gasteiger charge is 2.40. The second-order valence-corrected chi connectivity index (χ2v) is 16.2. The Hall–Kier alpha value is -4.31. The summed E-state index contributed by atoms with van der Waals surface area (Å²) in [5, 5.41) is 42.4. The van der Waals surface area contributed by atoms with Gasteiger partial charge in [0.05, 0.1) is 24.4 Å². The fourth-order valence-electron chi connectivity index (χ4n) is 7.16. The highest BCUT2D eigenvalue weighted by atomic mass is 16.4. The van der Waals surface area contributed by atoms with E-state index in [1.165, 1.54) is 0 Å². The molecule has 56 heavy (non-hydrogen) atoms. The number of amides is 1. The van der Waals surface area contributed by atoms with Gasteiger partial charge in [-0.15, -0.1) is 0 Å². The fourth-order valence-corrected chi connectivity index (χ4v) is 7.16. The third-order valence-electron chi connectivity index (χ3n) is 11.1. The lowest BCUT2D eigenvalue weighted by atomic mass is 9.79. The van der Waals surface area contributed by atoms with Crippen molar-refractivity contribution in [2.75, 3.05) is 31.1 Å². The zero-order valence-corrected chi connectivity index (χ0v) is 35.0. The van der Waals surface area contributed by atoms with Gasteiger partial charge in [0.25, 0.3) is 5.91 Å². The van der Waals surface area contributed by atoms with Crippen molar-refractivity contribution in [2.24, 2.45) is 16.8 Å². The maximum absolute atomic E-state index is 13.3. The molecule has 306 valence electrons. The molecule has 0 fully saturated rings. The predicted molar refractivity (Wildman–Crippen MR) is 230 cm³/mol. The molecule has 0 spiro atoms. The van der Waals surface area contributed by atoms with Crippen LogP contribution in [0.15, 0.2) is 95.7 Å². The second-order valence-electron chi connectivity index (χ2n) is 16.2. The topological polar surface area (TPSA) is 143 Å². The summed E-state index contributed by atoms with van der Waals surface area (Å²) in [6.07, 6.45) is 18.8. The van der Waals surface area contributed by atoms with E-state index in [9.17, 15) is 30.0 Å². The van der Waals surface area contributed by atoms with Gasteiger partial charge in [-0.1, -0.05) is 124 Å². The van der Waals surface area contributed by atoms with E-state index in [-0.39, 0.29) is 29.3 Å². The molecule has 0 saturated carbocycles. The van der Waals surface area contributed by atoms with Crippen LogP contribution in [0.3, 0.4) is 0 Å². The molecular weight excluding hydrogens is 703 g/mol. The molecule has 9 nitrogen and oxygen atoms in total. The first-order valence-electron chi connectivity index (χ1n) is 20.4. The average Bonchev–Trinajstić information content (AvgIpc) is 3.40. The van der Waals surface area contributed by atoms with E-state index in [1.54, 1.807) is 25.1 Å². The fraction of sp³-hybridized carbons (Fsp3) is 0.511. The Kier molecular flexibility index (Phi) is 18.0. The van der Waals surface area contributed by atoms with Crippen LogP contribution in [0.4, 0.5) is 5.69 Å². The first-order chi connectivity index (χ1) is 26.6. The van der Waals surface area contributed by atoms with Crippen LogP contribution in [0.25, 0.3) is 0 Å². The Morgan fingerprint density at radius 3 is 2.27 bits per heavy atom. The summed E-state index contributed by atoms with van der Waals surface area (Å²) in [7, 11) is 0. The molecule has 4 atom stereocenters. The van der Waals surface area contributed by atoms with E-state index in [2.05, 4.69) is 63.9 Å². The van der Waals surface area contributed by atoms with Gasteiger partial charge in [0.15, 0.2) is 0 Å². The molecule has 0 unspecified atom stereocenters. The van der Waals surface area contributed by atoms with Crippen LogP contribution in [0.2, 0.25) is 0 Å². The highest BCUT2D eigenvalue weighted by molar-refractivity contribution is 6.03. The number of benzene rings is 2. The summed E-state index contributed by atoms with van der Waals surface area (Å²) in [6, 6.07) is 13.0. The van der Waals surface area contributed by atoms with E-state index >= 15 is 0 Å². The summed E-state index contributed by atoms with van der Waals surface area (Å²) >= 11 is 0. The summed E-state index contributed by atoms with van der Waals surface area (Å²) in [4.78, 5) is 32.4. The van der Waals surface area contributed by atoms with Gasteiger partial charge >= 0.3 is 5.97 Å². The van der Waals surface area contributed by atoms with Crippen molar-refractivity contribution in [1.29, 1.82) is 0 Å². The van der Waals surface area contributed by atoms with Crippen LogP contribution >= 0.6 is 0 Å². The summed E-state index contributed by atoms with van der Waals surface area (Å²) in [5.74, 6) is -2.02. The lowest BCUT2D eigenvalue weighted by Crippen LogP contribution is -2.40. The lowest BCUT2D eigenvalue weighted by molar-refractivity contribution is -0.0278. The third kappa shape index (κ3) is 12.1. The monoisotopic (exact) mass is 770 g/mol. The molecule has 1 heterocycles. The standard InChI is InChI=1S/C47H67N3O6/c1-9-11-18-27-48-41(46(5,6)37-22-20-21-36(29-37)45(55)56)23-16-14-13-15-17-24-42-47(7,8)38-30-35(25-26-39(38)50(42)28-19-12-10-2)44(54)49-31-33(3)43(53)34(4)40(52)32-51/h13-17,20-26,29-30,33-34,40,43,51-53H,9-12,18-19,27-28,31-32H2,1-8H3,(H,49,54)(H,55,56)/b14-13+,17-15+,23-16+,42-24+,48-41?/t33-,34+,40+,43+/m0/s1. The number of unbranched alkanes of at least 4 members (excludes halogenated alkanes) is 4. The van der Waals surface area contributed by atoms with Crippen molar-refractivity contribution < 1.29 is 30.0 Å². The number of hydrogen-bond donors (Lipinski definition) is 5. The number of allylic oxidation sites excluding steroid dienone is 8. The molecule has 0 aromatic heterocycles. The van der Waals surface area contributed by atoms with Crippen LogP contribution in [-0.2, 0) is 10.8 Å². The van der Waals surface area contributed by atoms with Gasteiger partial charge in [0.2, 0.25) is 0 Å². The minimum atomic E-state index is -1.03. The molecule has 3 rings (SSSR count). The van der Waals surface area contributed by atoms with E-state index in [4.69, 9.17) is 4.99 Å². The number of carboxylic acid groups (broad SMARTS) is 1. The van der Waals surface area contributed by atoms with Gasteiger partial charge in [0, 0.05) is 59.0 Å². The van der Waals surface area contributed by atoms with E-state index in [1.807, 2.05) is 61.6 Å². The number of aliphatic hydroxyl groups excluding tert-OH is 3. The van der Waals surface area contributed by atoms with Crippen LogP contribution < -0.4 is 10.2 Å². The number of hydrogen-bond acceptors (Lipinski definition) is 7. The molecule has 5 N–H and O–H groups in total. The van der Waals surface area contributed by atoms with Crippen LogP contribution in [0.5, 0.6) is 0 Å². The smallest absolute Gasteiger partial charge is 0.335 e. The molecule has 0 aliphatic carbocycles. The number of aliphatic imine (C=N–C) groups is 1. The largest absolute Gasteiger partial charge is 0.478 e. The van der Waals surface area contributed by atoms with Crippen molar-refractivity contribution in [2.45, 2.75) is 117 Å². The van der Waals surface area contributed by atoms with Gasteiger partial charge in [-0.25, -0.2) is 4.79 Å². The Morgan fingerprint density at radius 1 is 0.911 bits per heavy atom. The molecule has 2 aromatic carbocycles. The minimum absolute atomic E-state index is 0.225. The van der Waals surface area contributed by atoms with Crippen molar-refractivity contribution in [3.8, 4) is 0 Å². The molecule has 0 bridgehead atoms. The van der Waals surface area contributed by atoms with E-state index in [0.717, 1.165) is 73.3 Å². The minimum Gasteiger partial charge on any atom is -0.478 e. The zero-order chi connectivity index (χ0) is 41.5. The number of aliphatic hydroxyl groups is 3. The SMILES string of the molecule is CCCCCN=C(/C=C/C=C/C=C/C=C1/N(CCCCC)c2ccc(C(=O)NC[C@H](C)[C@@H](O)[C@H](C)[C@H](O)CO)cc2C1(C)C)C(C)(C)c1cccc(C(=O)O)c1. The molecule has 1 amide bonds. The molecule has 1 aliphatic heterocycles. The number of nitrogens with zero attached hydrogens (tertiary/aromatic N) is 2. The summed E-state index contributed by atoms with van der Waals surface area (Å²) in [5.41, 5.74) is 5.09. The number of carbonyl (C=O) groups excluding carboxylic acids is 1.